The third kappa shape index (κ3) is 3.57. The maximum absolute atomic E-state index is 12.4. The number of rotatable bonds is 4. The molecule has 0 aromatic heterocycles. The van der Waals surface area contributed by atoms with Crippen LogP contribution in [0.15, 0.2) is 24.3 Å². The van der Waals surface area contributed by atoms with Gasteiger partial charge in [-0.15, -0.1) is 0 Å². The van der Waals surface area contributed by atoms with Gasteiger partial charge in [0.2, 0.25) is 5.91 Å². The van der Waals surface area contributed by atoms with Crippen molar-refractivity contribution < 1.29 is 9.59 Å². The van der Waals surface area contributed by atoms with E-state index in [2.05, 4.69) is 0 Å². The van der Waals surface area contributed by atoms with E-state index in [0.29, 0.717) is 25.1 Å². The van der Waals surface area contributed by atoms with Crippen LogP contribution in [0, 0.1) is 5.92 Å². The van der Waals surface area contributed by atoms with Crippen molar-refractivity contribution >= 4 is 11.8 Å². The van der Waals surface area contributed by atoms with E-state index in [0.717, 1.165) is 24.9 Å². The van der Waals surface area contributed by atoms with E-state index >= 15 is 0 Å². The van der Waals surface area contributed by atoms with E-state index < -0.39 is 0 Å². The van der Waals surface area contributed by atoms with E-state index in [1.54, 1.807) is 0 Å². The lowest BCUT2D eigenvalue weighted by Crippen LogP contribution is -2.41. The number of carbonyl (C=O) groups excluding carboxylic acids is 2. The lowest BCUT2D eigenvalue weighted by Gasteiger charge is -2.32. The first-order chi connectivity index (χ1) is 9.60. The SMILES string of the molecule is NCc1ccc(C(=O)N2CCCC(CC(N)=O)C2)cc1. The number of piperidine rings is 1. The van der Waals surface area contributed by atoms with Gasteiger partial charge in [-0.25, -0.2) is 0 Å². The Labute approximate surface area is 118 Å². The van der Waals surface area contributed by atoms with Crippen molar-refractivity contribution in [1.29, 1.82) is 0 Å². The highest BCUT2D eigenvalue weighted by Crippen LogP contribution is 2.21. The van der Waals surface area contributed by atoms with E-state index in [1.807, 2.05) is 29.2 Å². The highest BCUT2D eigenvalue weighted by molar-refractivity contribution is 5.94. The molecule has 20 heavy (non-hydrogen) atoms. The number of nitrogens with two attached hydrogens (primary N) is 2. The molecular formula is C15H21N3O2. The molecule has 2 rings (SSSR count). The van der Waals surface area contributed by atoms with Gasteiger partial charge in [0.15, 0.2) is 0 Å². The Hall–Kier alpha value is -1.88. The second-order valence-electron chi connectivity index (χ2n) is 5.33. The van der Waals surface area contributed by atoms with Gasteiger partial charge >= 0.3 is 0 Å². The molecule has 0 saturated carbocycles. The normalized spacial score (nSPS) is 18.9. The summed E-state index contributed by atoms with van der Waals surface area (Å²) in [4.78, 5) is 25.2. The summed E-state index contributed by atoms with van der Waals surface area (Å²) in [5.74, 6) is -0.0899. The Morgan fingerprint density at radius 1 is 1.25 bits per heavy atom. The summed E-state index contributed by atoms with van der Waals surface area (Å²) in [6.07, 6.45) is 2.24. The highest BCUT2D eigenvalue weighted by Gasteiger charge is 2.25. The third-order valence-electron chi connectivity index (χ3n) is 3.73. The molecule has 5 nitrogen and oxygen atoms in total. The zero-order valence-electron chi connectivity index (χ0n) is 11.5. The van der Waals surface area contributed by atoms with Gasteiger partial charge in [-0.05, 0) is 36.5 Å². The number of hydrogen-bond donors (Lipinski definition) is 2. The first kappa shape index (κ1) is 14.5. The van der Waals surface area contributed by atoms with Crippen LogP contribution in [0.2, 0.25) is 0 Å². The molecule has 1 heterocycles. The molecule has 0 spiro atoms. The largest absolute Gasteiger partial charge is 0.370 e. The van der Waals surface area contributed by atoms with Crippen LogP contribution in [0.4, 0.5) is 0 Å². The van der Waals surface area contributed by atoms with Crippen molar-refractivity contribution in [3.8, 4) is 0 Å². The molecule has 1 unspecified atom stereocenters. The number of likely N-dealkylation sites (tertiary alicyclic amines) is 1. The maximum Gasteiger partial charge on any atom is 0.253 e. The standard InChI is InChI=1S/C15H21N3O2/c16-9-11-3-5-13(6-4-11)15(20)18-7-1-2-12(10-18)8-14(17)19/h3-6,12H,1-2,7-10,16H2,(H2,17,19). The molecule has 1 fully saturated rings. The van der Waals surface area contributed by atoms with Crippen molar-refractivity contribution in [1.82, 2.24) is 4.90 Å². The summed E-state index contributed by atoms with van der Waals surface area (Å²) in [5.41, 5.74) is 12.5. The molecule has 0 bridgehead atoms. The van der Waals surface area contributed by atoms with E-state index in [9.17, 15) is 9.59 Å². The molecule has 5 heteroatoms. The minimum absolute atomic E-state index is 0.0164. The Bertz CT molecular complexity index is 484. The topological polar surface area (TPSA) is 89.4 Å². The van der Waals surface area contributed by atoms with Gasteiger partial charge in [0.05, 0.1) is 0 Å². The second-order valence-corrected chi connectivity index (χ2v) is 5.33. The van der Waals surface area contributed by atoms with Crippen LogP contribution >= 0.6 is 0 Å². The molecule has 1 aromatic carbocycles. The first-order valence-electron chi connectivity index (χ1n) is 6.96. The predicted octanol–water partition coefficient (Wildman–Crippen LogP) is 0.873. The average molecular weight is 275 g/mol. The highest BCUT2D eigenvalue weighted by atomic mass is 16.2. The number of amides is 2. The lowest BCUT2D eigenvalue weighted by molar-refractivity contribution is -0.119. The van der Waals surface area contributed by atoms with Gasteiger partial charge < -0.3 is 16.4 Å². The maximum atomic E-state index is 12.4. The molecule has 1 saturated heterocycles. The summed E-state index contributed by atoms with van der Waals surface area (Å²) in [6, 6.07) is 7.36. The predicted molar refractivity (Wildman–Crippen MR) is 76.8 cm³/mol. The molecule has 1 aliphatic heterocycles. The van der Waals surface area contributed by atoms with Crippen LogP contribution < -0.4 is 11.5 Å². The number of benzene rings is 1. The fraction of sp³-hybridized carbons (Fsp3) is 0.467. The molecule has 4 N–H and O–H groups in total. The Kier molecular flexibility index (Phi) is 4.74. The number of hydrogen-bond acceptors (Lipinski definition) is 3. The van der Waals surface area contributed by atoms with Crippen LogP contribution in [0.25, 0.3) is 0 Å². The number of primary amides is 1. The van der Waals surface area contributed by atoms with Gasteiger partial charge in [0, 0.05) is 31.6 Å². The number of carbonyl (C=O) groups is 2. The van der Waals surface area contributed by atoms with Gasteiger partial charge in [-0.1, -0.05) is 12.1 Å². The third-order valence-corrected chi connectivity index (χ3v) is 3.73. The molecule has 1 atom stereocenters. The van der Waals surface area contributed by atoms with Crippen LogP contribution in [0.5, 0.6) is 0 Å². The molecule has 1 aromatic rings. The monoisotopic (exact) mass is 275 g/mol. The fourth-order valence-corrected chi connectivity index (χ4v) is 2.67. The Balaban J connectivity index is 2.02. The Morgan fingerprint density at radius 2 is 1.95 bits per heavy atom. The summed E-state index contributed by atoms with van der Waals surface area (Å²) in [6.45, 7) is 1.83. The molecule has 0 aliphatic carbocycles. The van der Waals surface area contributed by atoms with Gasteiger partial charge in [-0.3, -0.25) is 9.59 Å². The summed E-state index contributed by atoms with van der Waals surface area (Å²) in [7, 11) is 0. The van der Waals surface area contributed by atoms with E-state index in [4.69, 9.17) is 11.5 Å². The molecular weight excluding hydrogens is 254 g/mol. The van der Waals surface area contributed by atoms with Crippen LogP contribution in [0.3, 0.4) is 0 Å². The minimum atomic E-state index is -0.295. The van der Waals surface area contributed by atoms with Crippen LogP contribution in [-0.4, -0.2) is 29.8 Å². The average Bonchev–Trinajstić information content (AvgIpc) is 2.46. The quantitative estimate of drug-likeness (QED) is 0.854. The van der Waals surface area contributed by atoms with Crippen molar-refractivity contribution in [3.05, 3.63) is 35.4 Å². The summed E-state index contributed by atoms with van der Waals surface area (Å²) in [5, 5.41) is 0. The van der Waals surface area contributed by atoms with Gasteiger partial charge in [-0.2, -0.15) is 0 Å². The smallest absolute Gasteiger partial charge is 0.253 e. The molecule has 1 aliphatic rings. The van der Waals surface area contributed by atoms with Gasteiger partial charge in [0.25, 0.3) is 5.91 Å². The zero-order valence-corrected chi connectivity index (χ0v) is 11.5. The van der Waals surface area contributed by atoms with Crippen molar-refractivity contribution in [2.45, 2.75) is 25.8 Å². The van der Waals surface area contributed by atoms with Crippen molar-refractivity contribution in [2.24, 2.45) is 17.4 Å². The van der Waals surface area contributed by atoms with Crippen LogP contribution in [0.1, 0.15) is 35.2 Å². The zero-order chi connectivity index (χ0) is 14.5. The van der Waals surface area contributed by atoms with Crippen molar-refractivity contribution in [2.75, 3.05) is 13.1 Å². The molecule has 108 valence electrons. The van der Waals surface area contributed by atoms with Crippen LogP contribution in [-0.2, 0) is 11.3 Å². The van der Waals surface area contributed by atoms with Gasteiger partial charge in [0.1, 0.15) is 0 Å². The second kappa shape index (κ2) is 6.52. The summed E-state index contributed by atoms with van der Waals surface area (Å²) < 4.78 is 0. The van der Waals surface area contributed by atoms with E-state index in [1.165, 1.54) is 0 Å². The van der Waals surface area contributed by atoms with Crippen molar-refractivity contribution in [3.63, 3.8) is 0 Å². The lowest BCUT2D eigenvalue weighted by atomic mass is 9.94. The summed E-state index contributed by atoms with van der Waals surface area (Å²) >= 11 is 0. The Morgan fingerprint density at radius 3 is 2.55 bits per heavy atom. The fourth-order valence-electron chi connectivity index (χ4n) is 2.67. The number of nitrogens with zero attached hydrogens (tertiary/aromatic N) is 1. The molecule has 0 radical (unpaired) electrons. The minimum Gasteiger partial charge on any atom is -0.370 e. The first-order valence-corrected chi connectivity index (χ1v) is 6.96. The van der Waals surface area contributed by atoms with E-state index in [-0.39, 0.29) is 17.7 Å². The molecule has 2 amide bonds.